The van der Waals surface area contributed by atoms with Gasteiger partial charge < -0.3 is 10.1 Å². The molecule has 1 N–H and O–H groups in total. The largest absolute Gasteiger partial charge is 0.482 e. The first-order valence-corrected chi connectivity index (χ1v) is 9.79. The summed E-state index contributed by atoms with van der Waals surface area (Å²) in [5.41, 5.74) is 2.73. The molecule has 2 aromatic rings. The van der Waals surface area contributed by atoms with E-state index in [4.69, 9.17) is 4.74 Å². The van der Waals surface area contributed by atoms with E-state index in [0.717, 1.165) is 49.2 Å². The van der Waals surface area contributed by atoms with Crippen molar-refractivity contribution in [3.05, 3.63) is 65.2 Å². The Morgan fingerprint density at radius 1 is 1.04 bits per heavy atom. The maximum atomic E-state index is 12.3. The molecule has 4 rings (SSSR count). The van der Waals surface area contributed by atoms with E-state index >= 15 is 0 Å². The molecule has 0 radical (unpaired) electrons. The van der Waals surface area contributed by atoms with Gasteiger partial charge in [-0.15, -0.1) is 0 Å². The fourth-order valence-electron chi connectivity index (χ4n) is 4.44. The van der Waals surface area contributed by atoms with Crippen LogP contribution in [0, 0.1) is 5.92 Å². The Balaban J connectivity index is 1.74. The number of benzene rings is 2. The molecule has 0 bridgehead atoms. The molecule has 0 spiro atoms. The second-order valence-corrected chi connectivity index (χ2v) is 7.68. The topological polar surface area (TPSA) is 38.3 Å². The summed E-state index contributed by atoms with van der Waals surface area (Å²) in [7, 11) is 0. The predicted octanol–water partition coefficient (Wildman–Crippen LogP) is 4.50. The smallest absolute Gasteiger partial charge is 0.163 e. The SMILES string of the molecule is CC(Oc1cccc2c1CCCC2=O)(c1ccccc1)C1CCCNC1. The van der Waals surface area contributed by atoms with Gasteiger partial charge in [-0.1, -0.05) is 42.5 Å². The Morgan fingerprint density at radius 3 is 2.65 bits per heavy atom. The summed E-state index contributed by atoms with van der Waals surface area (Å²) in [6, 6.07) is 16.5. The number of rotatable bonds is 4. The summed E-state index contributed by atoms with van der Waals surface area (Å²) in [6.45, 7) is 4.25. The first-order chi connectivity index (χ1) is 12.7. The molecule has 1 saturated heterocycles. The minimum absolute atomic E-state index is 0.248. The Morgan fingerprint density at radius 2 is 1.88 bits per heavy atom. The average Bonchev–Trinajstić information content (AvgIpc) is 2.70. The lowest BCUT2D eigenvalue weighted by Crippen LogP contribution is -2.46. The van der Waals surface area contributed by atoms with Crippen molar-refractivity contribution in [1.29, 1.82) is 0 Å². The molecular weight excluding hydrogens is 322 g/mol. The number of hydrogen-bond donors (Lipinski definition) is 1. The Bertz CT molecular complexity index is 780. The summed E-state index contributed by atoms with van der Waals surface area (Å²) >= 11 is 0. The molecule has 3 heteroatoms. The normalized spacial score (nSPS) is 22.3. The van der Waals surface area contributed by atoms with E-state index in [0.29, 0.717) is 12.3 Å². The van der Waals surface area contributed by atoms with Gasteiger partial charge in [0.25, 0.3) is 0 Å². The quantitative estimate of drug-likeness (QED) is 0.883. The van der Waals surface area contributed by atoms with Crippen molar-refractivity contribution in [3.63, 3.8) is 0 Å². The summed E-state index contributed by atoms with van der Waals surface area (Å²) in [5.74, 6) is 1.53. The predicted molar refractivity (Wildman–Crippen MR) is 104 cm³/mol. The van der Waals surface area contributed by atoms with Crippen molar-refractivity contribution in [2.24, 2.45) is 5.92 Å². The molecule has 1 aliphatic heterocycles. The zero-order valence-electron chi connectivity index (χ0n) is 15.5. The average molecular weight is 349 g/mol. The van der Waals surface area contributed by atoms with Crippen LogP contribution in [0.4, 0.5) is 0 Å². The second-order valence-electron chi connectivity index (χ2n) is 7.68. The first kappa shape index (κ1) is 17.3. The monoisotopic (exact) mass is 349 g/mol. The van der Waals surface area contributed by atoms with Gasteiger partial charge >= 0.3 is 0 Å². The van der Waals surface area contributed by atoms with Crippen molar-refractivity contribution in [3.8, 4) is 5.75 Å². The van der Waals surface area contributed by atoms with Crippen LogP contribution in [-0.2, 0) is 12.0 Å². The molecule has 0 saturated carbocycles. The molecular formula is C23H27NO2. The van der Waals surface area contributed by atoms with Crippen molar-refractivity contribution < 1.29 is 9.53 Å². The van der Waals surface area contributed by atoms with E-state index in [1.54, 1.807) is 0 Å². The minimum atomic E-state index is -0.412. The number of carbonyl (C=O) groups excluding carboxylic acids is 1. The number of piperidine rings is 1. The zero-order valence-corrected chi connectivity index (χ0v) is 15.5. The highest BCUT2D eigenvalue weighted by atomic mass is 16.5. The van der Waals surface area contributed by atoms with Gasteiger partial charge in [0.05, 0.1) is 0 Å². The molecule has 0 amide bonds. The Hall–Kier alpha value is -2.13. The molecule has 2 unspecified atom stereocenters. The molecule has 2 aliphatic rings. The second kappa shape index (κ2) is 7.24. The van der Waals surface area contributed by atoms with Gasteiger partial charge in [0.15, 0.2) is 5.78 Å². The molecule has 136 valence electrons. The van der Waals surface area contributed by atoms with Crippen LogP contribution in [0.1, 0.15) is 54.1 Å². The van der Waals surface area contributed by atoms with Crippen molar-refractivity contribution in [2.75, 3.05) is 13.1 Å². The summed E-state index contributed by atoms with van der Waals surface area (Å²) in [6.07, 6.45) is 4.80. The number of fused-ring (bicyclic) bond motifs is 1. The van der Waals surface area contributed by atoms with E-state index in [2.05, 4.69) is 36.5 Å². The fraction of sp³-hybridized carbons (Fsp3) is 0.435. The van der Waals surface area contributed by atoms with Crippen molar-refractivity contribution in [2.45, 2.75) is 44.6 Å². The number of ketones is 1. The van der Waals surface area contributed by atoms with Crippen LogP contribution in [0.25, 0.3) is 0 Å². The highest BCUT2D eigenvalue weighted by Crippen LogP contribution is 2.40. The lowest BCUT2D eigenvalue weighted by molar-refractivity contribution is 0.00897. The van der Waals surface area contributed by atoms with Gasteiger partial charge in [0.1, 0.15) is 11.4 Å². The third kappa shape index (κ3) is 3.16. The van der Waals surface area contributed by atoms with Crippen LogP contribution in [0.3, 0.4) is 0 Å². The number of nitrogens with one attached hydrogen (secondary N) is 1. The van der Waals surface area contributed by atoms with Crippen LogP contribution < -0.4 is 10.1 Å². The van der Waals surface area contributed by atoms with Crippen molar-refractivity contribution in [1.82, 2.24) is 5.32 Å². The van der Waals surface area contributed by atoms with Crippen LogP contribution in [-0.4, -0.2) is 18.9 Å². The van der Waals surface area contributed by atoms with E-state index in [1.807, 2.05) is 24.3 Å². The van der Waals surface area contributed by atoms with E-state index in [1.165, 1.54) is 12.0 Å². The maximum absolute atomic E-state index is 12.3. The minimum Gasteiger partial charge on any atom is -0.482 e. The lowest BCUT2D eigenvalue weighted by Gasteiger charge is -2.41. The summed E-state index contributed by atoms with van der Waals surface area (Å²) in [5, 5.41) is 3.53. The first-order valence-electron chi connectivity index (χ1n) is 9.79. The molecule has 3 nitrogen and oxygen atoms in total. The van der Waals surface area contributed by atoms with Gasteiger partial charge in [-0.3, -0.25) is 4.79 Å². The highest BCUT2D eigenvalue weighted by Gasteiger charge is 2.39. The van der Waals surface area contributed by atoms with Crippen LogP contribution >= 0.6 is 0 Å². The third-order valence-corrected chi connectivity index (χ3v) is 6.01. The molecule has 0 aromatic heterocycles. The van der Waals surface area contributed by atoms with E-state index in [-0.39, 0.29) is 5.78 Å². The summed E-state index contributed by atoms with van der Waals surface area (Å²) in [4.78, 5) is 12.3. The van der Waals surface area contributed by atoms with Crippen LogP contribution in [0.2, 0.25) is 0 Å². The van der Waals surface area contributed by atoms with Gasteiger partial charge in [-0.05, 0) is 50.8 Å². The zero-order chi connectivity index (χ0) is 18.0. The molecule has 1 aliphatic carbocycles. The maximum Gasteiger partial charge on any atom is 0.163 e. The lowest BCUT2D eigenvalue weighted by atomic mass is 9.78. The molecule has 1 heterocycles. The van der Waals surface area contributed by atoms with Gasteiger partial charge in [-0.2, -0.15) is 0 Å². The van der Waals surface area contributed by atoms with Gasteiger partial charge in [-0.25, -0.2) is 0 Å². The van der Waals surface area contributed by atoms with Crippen molar-refractivity contribution >= 4 is 5.78 Å². The fourth-order valence-corrected chi connectivity index (χ4v) is 4.44. The standard InChI is InChI=1S/C23H27NO2/c1-23(17-8-3-2-4-9-17,18-10-7-15-24-16-18)26-22-14-6-11-19-20(22)12-5-13-21(19)25/h2-4,6,8-9,11,14,18,24H,5,7,10,12-13,15-16H2,1H3. The van der Waals surface area contributed by atoms with E-state index in [9.17, 15) is 4.79 Å². The molecule has 26 heavy (non-hydrogen) atoms. The van der Waals surface area contributed by atoms with Gasteiger partial charge in [0, 0.05) is 30.0 Å². The molecule has 1 fully saturated rings. The summed E-state index contributed by atoms with van der Waals surface area (Å²) < 4.78 is 6.78. The number of carbonyl (C=O) groups is 1. The van der Waals surface area contributed by atoms with E-state index < -0.39 is 5.60 Å². The molecule has 2 atom stereocenters. The Labute approximate surface area is 155 Å². The van der Waals surface area contributed by atoms with Crippen LogP contribution in [0.15, 0.2) is 48.5 Å². The number of ether oxygens (including phenoxy) is 1. The highest BCUT2D eigenvalue weighted by molar-refractivity contribution is 5.99. The Kier molecular flexibility index (Phi) is 4.82. The number of hydrogen-bond acceptors (Lipinski definition) is 3. The third-order valence-electron chi connectivity index (χ3n) is 6.01. The van der Waals surface area contributed by atoms with Gasteiger partial charge in [0.2, 0.25) is 0 Å². The molecule has 2 aromatic carbocycles. The van der Waals surface area contributed by atoms with Crippen LogP contribution in [0.5, 0.6) is 5.75 Å². The number of Topliss-reactive ketones (excluding diaryl/α,β-unsaturated/α-hetero) is 1.